The van der Waals surface area contributed by atoms with Crippen molar-refractivity contribution in [3.05, 3.63) is 12.3 Å². The molecule has 1 aliphatic heterocycles. The van der Waals surface area contributed by atoms with Crippen molar-refractivity contribution in [2.24, 2.45) is 17.6 Å². The molecule has 1 saturated heterocycles. The maximum atomic E-state index is 12.3. The van der Waals surface area contributed by atoms with E-state index >= 15 is 0 Å². The Morgan fingerprint density at radius 2 is 2.26 bits per heavy atom. The summed E-state index contributed by atoms with van der Waals surface area (Å²) < 4.78 is 0. The zero-order chi connectivity index (χ0) is 19.8. The van der Waals surface area contributed by atoms with Crippen molar-refractivity contribution in [3.63, 3.8) is 0 Å². The monoisotopic (exact) mass is 373 g/mol. The molecule has 1 aromatic rings. The Morgan fingerprint density at radius 3 is 2.93 bits per heavy atom. The molecule has 1 unspecified atom stereocenters. The second kappa shape index (κ2) is 9.71. The SMILES string of the molecule is CC(C)C[C@H](Nc1ccnc(N2CCCC(C(N)=O)C2)n1)C(=O)NCC#N. The maximum Gasteiger partial charge on any atom is 0.243 e. The topological polar surface area (TPSA) is 137 Å². The van der Waals surface area contributed by atoms with E-state index in [1.165, 1.54) is 0 Å². The summed E-state index contributed by atoms with van der Waals surface area (Å²) in [5, 5.41) is 14.4. The fourth-order valence-electron chi connectivity index (χ4n) is 3.10. The third-order valence-corrected chi connectivity index (χ3v) is 4.44. The maximum absolute atomic E-state index is 12.3. The van der Waals surface area contributed by atoms with Gasteiger partial charge in [0, 0.05) is 19.3 Å². The van der Waals surface area contributed by atoms with Crippen molar-refractivity contribution in [3.8, 4) is 6.07 Å². The summed E-state index contributed by atoms with van der Waals surface area (Å²) in [6.07, 6.45) is 3.85. The average Bonchev–Trinajstić information content (AvgIpc) is 2.65. The molecule has 1 fully saturated rings. The standard InChI is InChI=1S/C18H27N7O2/c1-12(2)10-14(17(27)21-8-6-19)23-15-5-7-22-18(24-15)25-9-3-4-13(11-25)16(20)26/h5,7,12-14H,3-4,8-11H2,1-2H3,(H2,20,26)(H,21,27)(H,22,23,24)/t13?,14-/m0/s1. The van der Waals surface area contributed by atoms with Crippen molar-refractivity contribution in [1.29, 1.82) is 5.26 Å². The van der Waals surface area contributed by atoms with Gasteiger partial charge in [-0.05, 0) is 31.2 Å². The van der Waals surface area contributed by atoms with E-state index in [-0.39, 0.29) is 30.2 Å². The molecule has 2 heterocycles. The van der Waals surface area contributed by atoms with E-state index in [0.717, 1.165) is 19.4 Å². The third-order valence-electron chi connectivity index (χ3n) is 4.44. The normalized spacial score (nSPS) is 17.9. The van der Waals surface area contributed by atoms with E-state index < -0.39 is 6.04 Å². The van der Waals surface area contributed by atoms with Gasteiger partial charge in [0.25, 0.3) is 0 Å². The summed E-state index contributed by atoms with van der Waals surface area (Å²) in [4.78, 5) is 34.5. The number of primary amides is 1. The summed E-state index contributed by atoms with van der Waals surface area (Å²) >= 11 is 0. The number of amides is 2. The van der Waals surface area contributed by atoms with Crippen LogP contribution in [0, 0.1) is 23.2 Å². The quantitative estimate of drug-likeness (QED) is 0.569. The molecule has 0 spiro atoms. The van der Waals surface area contributed by atoms with Gasteiger partial charge in [0.15, 0.2) is 0 Å². The molecule has 0 bridgehead atoms. The van der Waals surface area contributed by atoms with Crippen molar-refractivity contribution in [1.82, 2.24) is 15.3 Å². The molecule has 1 aromatic heterocycles. The number of nitrogens with one attached hydrogen (secondary N) is 2. The lowest BCUT2D eigenvalue weighted by Gasteiger charge is -2.31. The molecule has 2 amide bonds. The molecule has 2 atom stereocenters. The van der Waals surface area contributed by atoms with Crippen LogP contribution in [0.5, 0.6) is 0 Å². The third kappa shape index (κ3) is 6.09. The molecule has 0 saturated carbocycles. The van der Waals surface area contributed by atoms with Gasteiger partial charge in [-0.3, -0.25) is 9.59 Å². The Hall–Kier alpha value is -2.89. The van der Waals surface area contributed by atoms with Crippen LogP contribution in [0.25, 0.3) is 0 Å². The van der Waals surface area contributed by atoms with Crippen LogP contribution in [0.3, 0.4) is 0 Å². The highest BCUT2D eigenvalue weighted by atomic mass is 16.2. The highest BCUT2D eigenvalue weighted by Gasteiger charge is 2.26. The molecular formula is C18H27N7O2. The molecule has 4 N–H and O–H groups in total. The number of hydrogen-bond donors (Lipinski definition) is 3. The van der Waals surface area contributed by atoms with E-state index in [1.54, 1.807) is 12.3 Å². The molecule has 146 valence electrons. The van der Waals surface area contributed by atoms with Crippen LogP contribution in [0.1, 0.15) is 33.1 Å². The Balaban J connectivity index is 2.11. The van der Waals surface area contributed by atoms with Crippen LogP contribution in [0.2, 0.25) is 0 Å². The van der Waals surface area contributed by atoms with Gasteiger partial charge in [-0.25, -0.2) is 4.98 Å². The minimum atomic E-state index is -0.499. The fourth-order valence-corrected chi connectivity index (χ4v) is 3.10. The molecule has 0 radical (unpaired) electrons. The molecule has 0 aromatic carbocycles. The zero-order valence-electron chi connectivity index (χ0n) is 15.8. The van der Waals surface area contributed by atoms with Gasteiger partial charge >= 0.3 is 0 Å². The predicted molar refractivity (Wildman–Crippen MR) is 102 cm³/mol. The number of nitriles is 1. The number of nitrogens with zero attached hydrogens (tertiary/aromatic N) is 4. The van der Waals surface area contributed by atoms with Crippen LogP contribution >= 0.6 is 0 Å². The van der Waals surface area contributed by atoms with Gasteiger partial charge in [0.1, 0.15) is 18.4 Å². The lowest BCUT2D eigenvalue weighted by atomic mass is 9.98. The first-order valence-electron chi connectivity index (χ1n) is 9.19. The van der Waals surface area contributed by atoms with Gasteiger partial charge in [-0.2, -0.15) is 10.2 Å². The average molecular weight is 373 g/mol. The smallest absolute Gasteiger partial charge is 0.243 e. The summed E-state index contributed by atoms with van der Waals surface area (Å²) in [6.45, 7) is 5.26. The number of anilines is 2. The summed E-state index contributed by atoms with van der Waals surface area (Å²) in [6, 6.07) is 3.11. The second-order valence-electron chi connectivity index (χ2n) is 7.13. The number of nitrogens with two attached hydrogens (primary N) is 1. The lowest BCUT2D eigenvalue weighted by Crippen LogP contribution is -2.42. The molecular weight excluding hydrogens is 346 g/mol. The molecule has 1 aliphatic rings. The van der Waals surface area contributed by atoms with Crippen molar-refractivity contribution >= 4 is 23.6 Å². The van der Waals surface area contributed by atoms with Gasteiger partial charge < -0.3 is 21.3 Å². The number of aromatic nitrogens is 2. The Kier molecular flexibility index (Phi) is 7.34. The van der Waals surface area contributed by atoms with Gasteiger partial charge in [-0.1, -0.05) is 13.8 Å². The first-order chi connectivity index (χ1) is 12.9. The highest BCUT2D eigenvalue weighted by Crippen LogP contribution is 2.21. The minimum Gasteiger partial charge on any atom is -0.369 e. The summed E-state index contributed by atoms with van der Waals surface area (Å²) in [7, 11) is 0. The van der Waals surface area contributed by atoms with E-state index in [9.17, 15) is 9.59 Å². The van der Waals surface area contributed by atoms with Crippen LogP contribution in [0.4, 0.5) is 11.8 Å². The molecule has 9 heteroatoms. The number of carbonyl (C=O) groups excluding carboxylic acids is 2. The van der Waals surface area contributed by atoms with Crippen LogP contribution in [-0.2, 0) is 9.59 Å². The van der Waals surface area contributed by atoms with E-state index in [0.29, 0.717) is 24.7 Å². The Morgan fingerprint density at radius 1 is 1.48 bits per heavy atom. The van der Waals surface area contributed by atoms with Crippen molar-refractivity contribution in [2.75, 3.05) is 29.9 Å². The zero-order valence-corrected chi connectivity index (χ0v) is 15.8. The number of carbonyl (C=O) groups is 2. The summed E-state index contributed by atoms with van der Waals surface area (Å²) in [5.74, 6) is 0.572. The number of piperidine rings is 1. The number of rotatable bonds is 8. The van der Waals surface area contributed by atoms with Gasteiger partial charge in [0.05, 0.1) is 12.0 Å². The largest absolute Gasteiger partial charge is 0.369 e. The molecule has 27 heavy (non-hydrogen) atoms. The second-order valence-corrected chi connectivity index (χ2v) is 7.13. The van der Waals surface area contributed by atoms with E-state index in [2.05, 4.69) is 20.6 Å². The van der Waals surface area contributed by atoms with Crippen LogP contribution in [-0.4, -0.2) is 47.5 Å². The first kappa shape index (κ1) is 20.4. The summed E-state index contributed by atoms with van der Waals surface area (Å²) in [5.41, 5.74) is 5.44. The molecule has 2 rings (SSSR count). The highest BCUT2D eigenvalue weighted by molar-refractivity contribution is 5.84. The molecule has 0 aliphatic carbocycles. The predicted octanol–water partition coefficient (Wildman–Crippen LogP) is 0.645. The minimum absolute atomic E-state index is 0.0353. The fraction of sp³-hybridized carbons (Fsp3) is 0.611. The van der Waals surface area contributed by atoms with Gasteiger partial charge in [-0.15, -0.1) is 0 Å². The lowest BCUT2D eigenvalue weighted by molar-refractivity contribution is -0.122. The van der Waals surface area contributed by atoms with Gasteiger partial charge in [0.2, 0.25) is 17.8 Å². The van der Waals surface area contributed by atoms with E-state index in [4.69, 9.17) is 11.0 Å². The number of hydrogen-bond acceptors (Lipinski definition) is 7. The Bertz CT molecular complexity index is 701. The van der Waals surface area contributed by atoms with E-state index in [1.807, 2.05) is 24.8 Å². The van der Waals surface area contributed by atoms with Crippen molar-refractivity contribution < 1.29 is 9.59 Å². The first-order valence-corrected chi connectivity index (χ1v) is 9.19. The van der Waals surface area contributed by atoms with Crippen LogP contribution < -0.4 is 21.3 Å². The van der Waals surface area contributed by atoms with Crippen molar-refractivity contribution in [2.45, 2.75) is 39.2 Å². The van der Waals surface area contributed by atoms with Crippen LogP contribution in [0.15, 0.2) is 12.3 Å². The Labute approximate surface area is 159 Å². The molecule has 9 nitrogen and oxygen atoms in total.